The smallest absolute Gasteiger partial charge is 0.255 e. The summed E-state index contributed by atoms with van der Waals surface area (Å²) in [5.74, 6) is -7.35. The minimum absolute atomic E-state index is 0.00556. The van der Waals surface area contributed by atoms with Gasteiger partial charge in [0.25, 0.3) is 5.91 Å². The van der Waals surface area contributed by atoms with E-state index in [1.54, 1.807) is 0 Å². The number of carbonyl (C=O) groups excluding carboxylic acids is 4. The third-order valence-corrected chi connectivity index (χ3v) is 7.53. The number of aldehydes is 1. The quantitative estimate of drug-likeness (QED) is 0.280. The Bertz CT molecular complexity index is 1220. The lowest BCUT2D eigenvalue weighted by molar-refractivity contribution is -0.153. The van der Waals surface area contributed by atoms with Crippen molar-refractivity contribution >= 4 is 45.4 Å². The second-order valence-electron chi connectivity index (χ2n) is 8.73. The van der Waals surface area contributed by atoms with Crippen LogP contribution in [0.15, 0.2) is 27.4 Å². The number of carbonyl (C=O) groups is 4. The first-order valence-corrected chi connectivity index (χ1v) is 10.8. The van der Waals surface area contributed by atoms with Crippen LogP contribution in [0.5, 0.6) is 5.75 Å². The van der Waals surface area contributed by atoms with Gasteiger partial charge in [0.15, 0.2) is 17.7 Å². The van der Waals surface area contributed by atoms with Crippen LogP contribution in [0.4, 0.5) is 0 Å². The summed E-state index contributed by atoms with van der Waals surface area (Å²) in [6.45, 7) is 0. The molecule has 11 heteroatoms. The van der Waals surface area contributed by atoms with Gasteiger partial charge in [-0.15, -0.1) is 0 Å². The molecular formula is C22H21BrN2O8. The van der Waals surface area contributed by atoms with E-state index in [4.69, 9.17) is 5.73 Å². The molecule has 33 heavy (non-hydrogen) atoms. The number of phenols is 1. The van der Waals surface area contributed by atoms with E-state index in [-0.39, 0.29) is 29.5 Å². The number of hydrogen-bond donors (Lipinski definition) is 5. The molecule has 0 saturated heterocycles. The van der Waals surface area contributed by atoms with Crippen LogP contribution in [-0.4, -0.2) is 74.8 Å². The fraction of sp³-hybridized carbons (Fsp3) is 0.364. The maximum Gasteiger partial charge on any atom is 0.255 e. The van der Waals surface area contributed by atoms with Crippen molar-refractivity contribution in [3.63, 3.8) is 0 Å². The number of likely N-dealkylation sites (N-methyl/N-ethyl adjacent to an activating group) is 1. The highest BCUT2D eigenvalue weighted by Crippen LogP contribution is 2.53. The number of phenolic OH excluding ortho intramolecular Hbond substituents is 1. The summed E-state index contributed by atoms with van der Waals surface area (Å²) < 4.78 is 0.430. The number of rotatable bonds is 3. The molecule has 1 aromatic carbocycles. The minimum Gasteiger partial charge on any atom is -0.508 e. The fourth-order valence-electron chi connectivity index (χ4n) is 5.38. The number of primary amides is 1. The number of aliphatic hydroxyl groups excluding tert-OH is 2. The predicted octanol–water partition coefficient (Wildman–Crippen LogP) is 0.539. The Labute approximate surface area is 196 Å². The van der Waals surface area contributed by atoms with Crippen LogP contribution in [-0.2, 0) is 20.8 Å². The average Bonchev–Trinajstić information content (AvgIpc) is 2.72. The molecule has 3 aliphatic carbocycles. The Hall–Kier alpha value is -3.02. The number of halogens is 1. The van der Waals surface area contributed by atoms with E-state index in [0.717, 1.165) is 0 Å². The first-order chi connectivity index (χ1) is 15.4. The van der Waals surface area contributed by atoms with Crippen molar-refractivity contribution in [2.75, 3.05) is 14.1 Å². The second-order valence-corrected chi connectivity index (χ2v) is 9.58. The van der Waals surface area contributed by atoms with Crippen molar-refractivity contribution in [1.29, 1.82) is 0 Å². The monoisotopic (exact) mass is 520 g/mol. The van der Waals surface area contributed by atoms with E-state index < -0.39 is 63.8 Å². The molecule has 0 aliphatic heterocycles. The fourth-order valence-corrected chi connectivity index (χ4v) is 5.98. The van der Waals surface area contributed by atoms with Gasteiger partial charge in [0, 0.05) is 16.0 Å². The predicted molar refractivity (Wildman–Crippen MR) is 117 cm³/mol. The van der Waals surface area contributed by atoms with Crippen LogP contribution in [0.25, 0.3) is 5.76 Å². The zero-order valence-corrected chi connectivity index (χ0v) is 19.2. The van der Waals surface area contributed by atoms with Gasteiger partial charge in [-0.2, -0.15) is 0 Å². The lowest BCUT2D eigenvalue weighted by Crippen LogP contribution is -2.65. The Morgan fingerprint density at radius 1 is 1.27 bits per heavy atom. The summed E-state index contributed by atoms with van der Waals surface area (Å²) in [7, 11) is 3.06. The van der Waals surface area contributed by atoms with Crippen LogP contribution in [0, 0.1) is 11.8 Å². The second kappa shape index (κ2) is 7.51. The van der Waals surface area contributed by atoms with Gasteiger partial charge in [0.1, 0.15) is 22.8 Å². The number of nitrogens with two attached hydrogens (primary N) is 1. The molecule has 4 atom stereocenters. The summed E-state index contributed by atoms with van der Waals surface area (Å²) in [6, 6.07) is 0.248. The van der Waals surface area contributed by atoms with Crippen LogP contribution in [0.3, 0.4) is 0 Å². The van der Waals surface area contributed by atoms with E-state index in [1.165, 1.54) is 25.1 Å². The minimum atomic E-state index is -2.69. The molecule has 10 nitrogen and oxygen atoms in total. The maximum absolute atomic E-state index is 13.6. The van der Waals surface area contributed by atoms with Crippen molar-refractivity contribution in [3.8, 4) is 5.75 Å². The Morgan fingerprint density at radius 3 is 2.45 bits per heavy atom. The molecule has 0 radical (unpaired) electrons. The number of Topliss-reactive ketones (excluding diaryl/α,β-unsaturated/α-hetero) is 2. The van der Waals surface area contributed by atoms with Crippen LogP contribution >= 0.6 is 15.9 Å². The lowest BCUT2D eigenvalue weighted by Gasteiger charge is -2.50. The molecule has 0 aromatic heterocycles. The first-order valence-electron chi connectivity index (χ1n) is 10.0. The van der Waals surface area contributed by atoms with Gasteiger partial charge >= 0.3 is 0 Å². The molecule has 1 fully saturated rings. The standard InChI is InChI=1S/C22H21BrN2O8/c1-25(2)15-10-4-7-3-9-11(23)5-8(6-26)16(27)13(9)17(28)12(7)19(30)22(10,33)20(31)14(18(15)29)21(24)32/h5-7,10,15,27-28,31,33H,3-4H2,1-2H3,(H2,24,32)/t7?,10?,15-,22-/m0/s1. The number of aromatic hydroxyl groups is 1. The molecule has 1 amide bonds. The summed E-state index contributed by atoms with van der Waals surface area (Å²) in [5.41, 5.74) is 1.63. The number of ketones is 2. The Balaban J connectivity index is 2.01. The molecule has 0 heterocycles. The highest BCUT2D eigenvalue weighted by Gasteiger charge is 2.64. The van der Waals surface area contributed by atoms with E-state index in [9.17, 15) is 39.6 Å². The van der Waals surface area contributed by atoms with E-state index in [1.807, 2.05) is 0 Å². The van der Waals surface area contributed by atoms with Crippen LogP contribution in [0.1, 0.15) is 27.9 Å². The average molecular weight is 521 g/mol. The zero-order chi connectivity index (χ0) is 24.6. The van der Waals surface area contributed by atoms with Gasteiger partial charge < -0.3 is 26.2 Å². The van der Waals surface area contributed by atoms with Crippen molar-refractivity contribution in [2.45, 2.75) is 24.5 Å². The maximum atomic E-state index is 13.6. The number of hydrogen-bond acceptors (Lipinski definition) is 9. The molecule has 0 bridgehead atoms. The van der Waals surface area contributed by atoms with E-state index in [2.05, 4.69) is 15.9 Å². The van der Waals surface area contributed by atoms with Crippen molar-refractivity contribution in [2.24, 2.45) is 17.6 Å². The van der Waals surface area contributed by atoms with Gasteiger partial charge in [-0.05, 0) is 44.5 Å². The zero-order valence-electron chi connectivity index (χ0n) is 17.6. The molecule has 6 N–H and O–H groups in total. The number of benzene rings is 1. The number of nitrogens with zero attached hydrogens (tertiary/aromatic N) is 1. The molecule has 174 valence electrons. The lowest BCUT2D eigenvalue weighted by atomic mass is 9.57. The molecule has 2 unspecified atom stereocenters. The van der Waals surface area contributed by atoms with Gasteiger partial charge in [-0.25, -0.2) is 0 Å². The van der Waals surface area contributed by atoms with Gasteiger partial charge in [0.05, 0.1) is 17.2 Å². The summed E-state index contributed by atoms with van der Waals surface area (Å²) in [5, 5.41) is 43.8. The molecule has 1 aromatic rings. The summed E-state index contributed by atoms with van der Waals surface area (Å²) >= 11 is 3.33. The van der Waals surface area contributed by atoms with Crippen molar-refractivity contribution in [1.82, 2.24) is 4.90 Å². The highest BCUT2D eigenvalue weighted by molar-refractivity contribution is 9.10. The third-order valence-electron chi connectivity index (χ3n) is 6.82. The Morgan fingerprint density at radius 2 is 1.91 bits per heavy atom. The van der Waals surface area contributed by atoms with Gasteiger partial charge in [0.2, 0.25) is 5.78 Å². The highest BCUT2D eigenvalue weighted by atomic mass is 79.9. The topological polar surface area (TPSA) is 178 Å². The molecular weight excluding hydrogens is 500 g/mol. The van der Waals surface area contributed by atoms with Crippen LogP contribution < -0.4 is 5.73 Å². The molecule has 4 rings (SSSR count). The number of fused-ring (bicyclic) bond motifs is 3. The largest absolute Gasteiger partial charge is 0.508 e. The first kappa shape index (κ1) is 23.1. The summed E-state index contributed by atoms with van der Waals surface area (Å²) in [6.07, 6.45) is 0.523. The number of aliphatic hydroxyl groups is 3. The summed E-state index contributed by atoms with van der Waals surface area (Å²) in [4.78, 5) is 51.3. The van der Waals surface area contributed by atoms with Crippen molar-refractivity contribution in [3.05, 3.63) is 44.1 Å². The molecule has 0 spiro atoms. The molecule has 1 saturated carbocycles. The molecule has 3 aliphatic rings. The Kier molecular flexibility index (Phi) is 5.26. The van der Waals surface area contributed by atoms with Gasteiger partial charge in [-0.3, -0.25) is 24.1 Å². The van der Waals surface area contributed by atoms with E-state index in [0.29, 0.717) is 16.3 Å². The normalized spacial score (nSPS) is 29.1. The number of amides is 1. The van der Waals surface area contributed by atoms with Crippen LogP contribution in [0.2, 0.25) is 0 Å². The van der Waals surface area contributed by atoms with E-state index >= 15 is 0 Å². The third kappa shape index (κ3) is 2.92. The van der Waals surface area contributed by atoms with Crippen molar-refractivity contribution < 1.29 is 39.6 Å². The van der Waals surface area contributed by atoms with Gasteiger partial charge in [-0.1, -0.05) is 15.9 Å². The SMILES string of the molecule is CN(C)[C@@H]1C(=O)C(C(N)=O)=C(O)[C@@]2(O)C(=O)C3=C(O)c4c(O)c(C=O)cc(Br)c4CC3CC12.